The minimum absolute atomic E-state index is 0.0483. The largest absolute Gasteiger partial charge is 0.493 e. The molecule has 0 aromatic heterocycles. The zero-order valence-electron chi connectivity index (χ0n) is 14.7. The molecule has 23 heavy (non-hydrogen) atoms. The lowest BCUT2D eigenvalue weighted by Crippen LogP contribution is -2.52. The number of aliphatic hydroxyl groups is 1. The van der Waals surface area contributed by atoms with Crippen molar-refractivity contribution in [3.63, 3.8) is 0 Å². The maximum Gasteiger partial charge on any atom is 0.203 e. The maximum absolute atomic E-state index is 10.0. The van der Waals surface area contributed by atoms with Gasteiger partial charge in [-0.2, -0.15) is 0 Å². The molecule has 1 aromatic carbocycles. The molecule has 1 aliphatic rings. The van der Waals surface area contributed by atoms with Gasteiger partial charge < -0.3 is 24.2 Å². The summed E-state index contributed by atoms with van der Waals surface area (Å²) >= 11 is 0. The Labute approximate surface area is 138 Å². The van der Waals surface area contributed by atoms with Crippen molar-refractivity contribution in [2.45, 2.75) is 19.0 Å². The average Bonchev–Trinajstić information content (AvgIpc) is 2.56. The van der Waals surface area contributed by atoms with Gasteiger partial charge in [-0.1, -0.05) is 0 Å². The number of aliphatic hydroxyl groups excluding tert-OH is 1. The molecular weight excluding hydrogens is 296 g/mol. The smallest absolute Gasteiger partial charge is 0.203 e. The first kappa shape index (κ1) is 17.8. The predicted octanol–water partition coefficient (Wildman–Crippen LogP) is 1.38. The molecule has 1 fully saturated rings. The van der Waals surface area contributed by atoms with E-state index in [1.54, 1.807) is 21.3 Å². The van der Waals surface area contributed by atoms with Gasteiger partial charge in [0, 0.05) is 25.7 Å². The van der Waals surface area contributed by atoms with Crippen molar-refractivity contribution in [3.8, 4) is 17.2 Å². The van der Waals surface area contributed by atoms with Crippen molar-refractivity contribution in [2.24, 2.45) is 0 Å². The van der Waals surface area contributed by atoms with Crippen LogP contribution in [0.4, 0.5) is 0 Å². The highest BCUT2D eigenvalue weighted by Gasteiger charge is 2.30. The Bertz CT molecular complexity index is 498. The zero-order valence-corrected chi connectivity index (χ0v) is 14.7. The summed E-state index contributed by atoms with van der Waals surface area (Å²) in [6.45, 7) is 5.13. The fourth-order valence-electron chi connectivity index (χ4n) is 3.31. The van der Waals surface area contributed by atoms with Gasteiger partial charge in [0.1, 0.15) is 0 Å². The molecule has 1 saturated heterocycles. The summed E-state index contributed by atoms with van der Waals surface area (Å²) in [5.41, 5.74) is 0.971. The Hall–Kier alpha value is -1.50. The number of hydrogen-bond acceptors (Lipinski definition) is 6. The normalized spacial score (nSPS) is 21.0. The zero-order chi connectivity index (χ0) is 17.0. The third kappa shape index (κ3) is 3.71. The van der Waals surface area contributed by atoms with Gasteiger partial charge in [0.05, 0.1) is 34.0 Å². The molecule has 2 rings (SSSR count). The molecular formula is C17H28N2O4. The van der Waals surface area contributed by atoms with E-state index in [1.807, 2.05) is 12.1 Å². The van der Waals surface area contributed by atoms with E-state index in [-0.39, 0.29) is 12.6 Å². The Morgan fingerprint density at radius 1 is 1.13 bits per heavy atom. The molecule has 0 spiro atoms. The number of nitrogens with zero attached hydrogens (tertiary/aromatic N) is 2. The van der Waals surface area contributed by atoms with E-state index >= 15 is 0 Å². The number of rotatable bonds is 6. The number of likely N-dealkylation sites (N-methyl/N-ethyl adjacent to an activating group) is 1. The highest BCUT2D eigenvalue weighted by molar-refractivity contribution is 5.54. The topological polar surface area (TPSA) is 54.4 Å². The van der Waals surface area contributed by atoms with Crippen LogP contribution < -0.4 is 14.2 Å². The molecule has 1 N–H and O–H groups in total. The Morgan fingerprint density at radius 3 is 2.17 bits per heavy atom. The van der Waals surface area contributed by atoms with E-state index in [1.165, 1.54) is 0 Å². The SMILES string of the molecule is COc1cc(C(CO)N2CCN(C)CC2C)cc(OC)c1OC. The second kappa shape index (κ2) is 7.86. The number of hydrogen-bond donors (Lipinski definition) is 1. The first-order chi connectivity index (χ1) is 11.0. The summed E-state index contributed by atoms with van der Waals surface area (Å²) in [6, 6.07) is 4.12. The molecule has 0 radical (unpaired) electrons. The Kier molecular flexibility index (Phi) is 6.10. The van der Waals surface area contributed by atoms with Crippen molar-refractivity contribution in [1.82, 2.24) is 9.80 Å². The molecule has 0 amide bonds. The summed E-state index contributed by atoms with van der Waals surface area (Å²) in [4.78, 5) is 4.64. The van der Waals surface area contributed by atoms with Crippen LogP contribution in [0.2, 0.25) is 0 Å². The molecule has 0 saturated carbocycles. The fourth-order valence-corrected chi connectivity index (χ4v) is 3.31. The van der Waals surface area contributed by atoms with Crippen LogP contribution in [0.15, 0.2) is 12.1 Å². The molecule has 1 aliphatic heterocycles. The van der Waals surface area contributed by atoms with Crippen LogP contribution in [0.1, 0.15) is 18.5 Å². The summed E-state index contributed by atoms with van der Waals surface area (Å²) < 4.78 is 16.2. The quantitative estimate of drug-likeness (QED) is 0.853. The molecule has 6 nitrogen and oxygen atoms in total. The van der Waals surface area contributed by atoms with Crippen molar-refractivity contribution in [2.75, 3.05) is 54.6 Å². The lowest BCUT2D eigenvalue weighted by atomic mass is 10.0. The van der Waals surface area contributed by atoms with E-state index < -0.39 is 0 Å². The second-order valence-corrected chi connectivity index (χ2v) is 6.01. The predicted molar refractivity (Wildman–Crippen MR) is 89.6 cm³/mol. The van der Waals surface area contributed by atoms with Gasteiger partial charge in [-0.25, -0.2) is 0 Å². The lowest BCUT2D eigenvalue weighted by molar-refractivity contribution is 0.0340. The summed E-state index contributed by atoms with van der Waals surface area (Å²) in [5, 5.41) is 10.0. The number of ether oxygens (including phenoxy) is 3. The average molecular weight is 324 g/mol. The second-order valence-electron chi connectivity index (χ2n) is 6.01. The Balaban J connectivity index is 2.37. The first-order valence-corrected chi connectivity index (χ1v) is 7.90. The van der Waals surface area contributed by atoms with Crippen molar-refractivity contribution >= 4 is 0 Å². The molecule has 0 bridgehead atoms. The standard InChI is InChI=1S/C17H28N2O4/c1-12-10-18(2)6-7-19(12)14(11-20)13-8-15(21-3)17(23-5)16(9-13)22-4/h8-9,12,14,20H,6-7,10-11H2,1-5H3. The van der Waals surface area contributed by atoms with Crippen molar-refractivity contribution < 1.29 is 19.3 Å². The monoisotopic (exact) mass is 324 g/mol. The molecule has 6 heteroatoms. The van der Waals surface area contributed by atoms with Gasteiger partial charge in [0.2, 0.25) is 5.75 Å². The first-order valence-electron chi connectivity index (χ1n) is 7.90. The van der Waals surface area contributed by atoms with E-state index in [9.17, 15) is 5.11 Å². The minimum atomic E-state index is -0.0904. The van der Waals surface area contributed by atoms with Crippen LogP contribution in [0.3, 0.4) is 0 Å². The molecule has 1 heterocycles. The van der Waals surface area contributed by atoms with E-state index in [2.05, 4.69) is 23.8 Å². The summed E-state index contributed by atoms with van der Waals surface area (Å²) in [6.07, 6.45) is 0. The van der Waals surface area contributed by atoms with Crippen LogP contribution in [-0.4, -0.2) is 75.6 Å². The summed E-state index contributed by atoms with van der Waals surface area (Å²) in [7, 11) is 6.92. The van der Waals surface area contributed by atoms with Crippen molar-refractivity contribution in [3.05, 3.63) is 17.7 Å². The Morgan fingerprint density at radius 2 is 1.74 bits per heavy atom. The minimum Gasteiger partial charge on any atom is -0.493 e. The molecule has 2 atom stereocenters. The number of methoxy groups -OCH3 is 3. The molecule has 0 aliphatic carbocycles. The van der Waals surface area contributed by atoms with Crippen LogP contribution in [0.25, 0.3) is 0 Å². The number of piperazine rings is 1. The van der Waals surface area contributed by atoms with Crippen LogP contribution in [0.5, 0.6) is 17.2 Å². The molecule has 1 aromatic rings. The highest BCUT2D eigenvalue weighted by Crippen LogP contribution is 2.41. The van der Waals surface area contributed by atoms with Crippen molar-refractivity contribution in [1.29, 1.82) is 0 Å². The van der Waals surface area contributed by atoms with Crippen LogP contribution >= 0.6 is 0 Å². The molecule has 2 unspecified atom stereocenters. The van der Waals surface area contributed by atoms with Gasteiger partial charge in [0.25, 0.3) is 0 Å². The third-order valence-electron chi connectivity index (χ3n) is 4.53. The van der Waals surface area contributed by atoms with Crippen LogP contribution in [-0.2, 0) is 0 Å². The van der Waals surface area contributed by atoms with Gasteiger partial charge in [-0.15, -0.1) is 0 Å². The van der Waals surface area contributed by atoms with Gasteiger partial charge in [-0.05, 0) is 31.7 Å². The fraction of sp³-hybridized carbons (Fsp3) is 0.647. The highest BCUT2D eigenvalue weighted by atomic mass is 16.5. The van der Waals surface area contributed by atoms with E-state index in [0.29, 0.717) is 23.3 Å². The third-order valence-corrected chi connectivity index (χ3v) is 4.53. The van der Waals surface area contributed by atoms with Gasteiger partial charge >= 0.3 is 0 Å². The van der Waals surface area contributed by atoms with Gasteiger partial charge in [0.15, 0.2) is 11.5 Å². The van der Waals surface area contributed by atoms with Gasteiger partial charge in [-0.3, -0.25) is 4.90 Å². The number of benzene rings is 1. The van der Waals surface area contributed by atoms with Crippen LogP contribution in [0, 0.1) is 0 Å². The summed E-state index contributed by atoms with van der Waals surface area (Å²) in [5.74, 6) is 1.80. The maximum atomic E-state index is 10.0. The van der Waals surface area contributed by atoms with E-state index in [0.717, 1.165) is 25.2 Å². The van der Waals surface area contributed by atoms with E-state index in [4.69, 9.17) is 14.2 Å². The lowest BCUT2D eigenvalue weighted by Gasteiger charge is -2.42. The molecule has 130 valence electrons.